The van der Waals surface area contributed by atoms with Gasteiger partial charge < -0.3 is 24.8 Å². The molecule has 202 valence electrons. The number of benzene rings is 2. The molecule has 8 heteroatoms. The first-order valence-electron chi connectivity index (χ1n) is 13.1. The van der Waals surface area contributed by atoms with Gasteiger partial charge in [-0.2, -0.15) is 0 Å². The zero-order chi connectivity index (χ0) is 26.9. The van der Waals surface area contributed by atoms with E-state index in [1.165, 1.54) is 17.8 Å². The van der Waals surface area contributed by atoms with Crippen molar-refractivity contribution in [2.24, 2.45) is 0 Å². The van der Waals surface area contributed by atoms with Crippen LogP contribution in [0.2, 0.25) is 0 Å². The monoisotopic (exact) mass is 536 g/mol. The number of thiophene rings is 1. The highest BCUT2D eigenvalue weighted by Gasteiger charge is 2.33. The summed E-state index contributed by atoms with van der Waals surface area (Å²) < 4.78 is 10.8. The van der Waals surface area contributed by atoms with Gasteiger partial charge in [-0.1, -0.05) is 43.5 Å². The lowest BCUT2D eigenvalue weighted by atomic mass is 9.94. The number of phenols is 1. The van der Waals surface area contributed by atoms with E-state index in [2.05, 4.69) is 5.32 Å². The van der Waals surface area contributed by atoms with Gasteiger partial charge in [0.2, 0.25) is 11.8 Å². The first-order valence-corrected chi connectivity index (χ1v) is 14.0. The van der Waals surface area contributed by atoms with E-state index >= 15 is 0 Å². The molecule has 0 unspecified atom stereocenters. The highest BCUT2D eigenvalue weighted by Crippen LogP contribution is 2.30. The summed E-state index contributed by atoms with van der Waals surface area (Å²) in [5, 5.41) is 15.1. The van der Waals surface area contributed by atoms with E-state index in [9.17, 15) is 14.7 Å². The molecule has 1 aromatic heterocycles. The molecule has 7 nitrogen and oxygen atoms in total. The van der Waals surface area contributed by atoms with Gasteiger partial charge in [0.05, 0.1) is 20.6 Å². The molecule has 1 fully saturated rings. The average molecular weight is 537 g/mol. The Labute approximate surface area is 228 Å². The molecular weight excluding hydrogens is 500 g/mol. The Morgan fingerprint density at radius 1 is 1.03 bits per heavy atom. The fraction of sp³-hybridized carbons (Fsp3) is 0.400. The summed E-state index contributed by atoms with van der Waals surface area (Å²) in [6.45, 7) is 0.337. The van der Waals surface area contributed by atoms with E-state index in [4.69, 9.17) is 9.47 Å². The fourth-order valence-electron chi connectivity index (χ4n) is 5.00. The van der Waals surface area contributed by atoms with Crippen LogP contribution < -0.4 is 14.8 Å². The number of rotatable bonds is 11. The van der Waals surface area contributed by atoms with Crippen molar-refractivity contribution in [3.8, 4) is 17.2 Å². The molecule has 1 aliphatic rings. The standard InChI is InChI=1S/C30H36N2O5S/c1-36-26-15-10-21(19-27(26)37-2)16-17-32(28(34)20-25-9-6-18-38-25)29(22-11-13-24(33)14-12-22)30(35)31-23-7-4-3-5-8-23/h6,9-15,18-19,23,29,33H,3-5,7-8,16-17,20H2,1-2H3,(H,31,35)/t29-/m0/s1. The molecule has 2 aromatic carbocycles. The molecule has 2 amide bonds. The lowest BCUT2D eigenvalue weighted by molar-refractivity contribution is -0.140. The van der Waals surface area contributed by atoms with Crippen LogP contribution in [0, 0.1) is 0 Å². The Hall–Kier alpha value is -3.52. The van der Waals surface area contributed by atoms with Gasteiger partial charge in [0.1, 0.15) is 11.8 Å². The number of phenolic OH excluding ortho intramolecular Hbond substituents is 1. The van der Waals surface area contributed by atoms with Crippen LogP contribution in [0.3, 0.4) is 0 Å². The Bertz CT molecular complexity index is 1190. The van der Waals surface area contributed by atoms with Crippen LogP contribution in [-0.2, 0) is 22.4 Å². The highest BCUT2D eigenvalue weighted by molar-refractivity contribution is 7.10. The van der Waals surface area contributed by atoms with Crippen LogP contribution in [0.25, 0.3) is 0 Å². The van der Waals surface area contributed by atoms with E-state index in [-0.39, 0.29) is 30.0 Å². The highest BCUT2D eigenvalue weighted by atomic mass is 32.1. The Morgan fingerprint density at radius 3 is 2.42 bits per heavy atom. The van der Waals surface area contributed by atoms with Crippen LogP contribution in [0.5, 0.6) is 17.2 Å². The number of methoxy groups -OCH3 is 2. The summed E-state index contributed by atoms with van der Waals surface area (Å²) in [5.74, 6) is 1.06. The molecule has 2 N–H and O–H groups in total. The van der Waals surface area contributed by atoms with Gasteiger partial charge in [-0.15, -0.1) is 11.3 Å². The van der Waals surface area contributed by atoms with Crippen molar-refractivity contribution in [2.75, 3.05) is 20.8 Å². The Balaban J connectivity index is 1.65. The number of ether oxygens (including phenoxy) is 2. The summed E-state index contributed by atoms with van der Waals surface area (Å²) in [7, 11) is 3.19. The van der Waals surface area contributed by atoms with E-state index in [1.807, 2.05) is 35.7 Å². The van der Waals surface area contributed by atoms with Crippen LogP contribution in [0.4, 0.5) is 0 Å². The van der Waals surface area contributed by atoms with Gasteiger partial charge in [-0.3, -0.25) is 9.59 Å². The van der Waals surface area contributed by atoms with Crippen molar-refractivity contribution in [3.05, 3.63) is 76.0 Å². The van der Waals surface area contributed by atoms with Gasteiger partial charge in [0.15, 0.2) is 11.5 Å². The molecule has 1 aliphatic carbocycles. The van der Waals surface area contributed by atoms with Gasteiger partial charge in [0.25, 0.3) is 0 Å². The number of nitrogens with one attached hydrogen (secondary N) is 1. The first kappa shape index (κ1) is 27.5. The second kappa shape index (κ2) is 13.3. The number of amides is 2. The van der Waals surface area contributed by atoms with Crippen LogP contribution in [0.15, 0.2) is 60.0 Å². The fourth-order valence-corrected chi connectivity index (χ4v) is 5.70. The molecule has 1 atom stereocenters. The Morgan fingerprint density at radius 2 is 1.76 bits per heavy atom. The number of aromatic hydroxyl groups is 1. The SMILES string of the molecule is COc1ccc(CCN(C(=O)Cc2cccs2)[C@H](C(=O)NC2CCCCC2)c2ccc(O)cc2)cc1OC. The number of carbonyl (C=O) groups excluding carboxylic acids is 2. The zero-order valence-electron chi connectivity index (χ0n) is 22.0. The lowest BCUT2D eigenvalue weighted by Crippen LogP contribution is -2.48. The summed E-state index contributed by atoms with van der Waals surface area (Å²) in [6, 6.07) is 15.4. The molecule has 0 saturated heterocycles. The molecule has 0 aliphatic heterocycles. The molecule has 0 spiro atoms. The minimum Gasteiger partial charge on any atom is -0.508 e. The zero-order valence-corrected chi connectivity index (χ0v) is 22.8. The topological polar surface area (TPSA) is 88.1 Å². The molecule has 3 aromatic rings. The molecular formula is C30H36N2O5S. The largest absolute Gasteiger partial charge is 0.508 e. The molecule has 1 heterocycles. The smallest absolute Gasteiger partial charge is 0.247 e. The van der Waals surface area contributed by atoms with Crippen molar-refractivity contribution in [1.82, 2.24) is 10.2 Å². The van der Waals surface area contributed by atoms with E-state index in [0.29, 0.717) is 30.0 Å². The normalized spacial score (nSPS) is 14.5. The molecule has 4 rings (SSSR count). The summed E-state index contributed by atoms with van der Waals surface area (Å²) in [6.07, 6.45) is 6.01. The van der Waals surface area contributed by atoms with E-state index in [0.717, 1.165) is 36.1 Å². The maximum atomic E-state index is 13.8. The van der Waals surface area contributed by atoms with Crippen molar-refractivity contribution in [1.29, 1.82) is 0 Å². The summed E-state index contributed by atoms with van der Waals surface area (Å²) in [4.78, 5) is 30.3. The van der Waals surface area contributed by atoms with Gasteiger partial charge in [-0.05, 0) is 66.1 Å². The molecule has 1 saturated carbocycles. The minimum atomic E-state index is -0.815. The van der Waals surface area contributed by atoms with Crippen LogP contribution >= 0.6 is 11.3 Å². The second-order valence-electron chi connectivity index (χ2n) is 9.62. The first-order chi connectivity index (χ1) is 18.5. The maximum Gasteiger partial charge on any atom is 0.247 e. The predicted molar refractivity (Wildman–Crippen MR) is 149 cm³/mol. The minimum absolute atomic E-state index is 0.107. The number of hydrogen-bond acceptors (Lipinski definition) is 6. The number of carbonyl (C=O) groups is 2. The lowest BCUT2D eigenvalue weighted by Gasteiger charge is -2.33. The summed E-state index contributed by atoms with van der Waals surface area (Å²) >= 11 is 1.53. The summed E-state index contributed by atoms with van der Waals surface area (Å²) in [5.41, 5.74) is 1.64. The number of hydrogen-bond donors (Lipinski definition) is 2. The maximum absolute atomic E-state index is 13.8. The molecule has 38 heavy (non-hydrogen) atoms. The third kappa shape index (κ3) is 7.07. The van der Waals surface area contributed by atoms with Gasteiger partial charge >= 0.3 is 0 Å². The average Bonchev–Trinajstić information content (AvgIpc) is 3.45. The predicted octanol–water partition coefficient (Wildman–Crippen LogP) is 5.27. The van der Waals surface area contributed by atoms with Crippen molar-refractivity contribution in [2.45, 2.75) is 57.0 Å². The van der Waals surface area contributed by atoms with Gasteiger partial charge in [0, 0.05) is 17.5 Å². The van der Waals surface area contributed by atoms with Crippen molar-refractivity contribution < 1.29 is 24.2 Å². The quantitative estimate of drug-likeness (QED) is 0.348. The van der Waals surface area contributed by atoms with Crippen LogP contribution in [-0.4, -0.2) is 48.6 Å². The Kier molecular flexibility index (Phi) is 9.65. The van der Waals surface area contributed by atoms with E-state index < -0.39 is 6.04 Å². The molecule has 0 radical (unpaired) electrons. The van der Waals surface area contributed by atoms with Crippen LogP contribution in [0.1, 0.15) is 54.1 Å². The third-order valence-electron chi connectivity index (χ3n) is 7.04. The van der Waals surface area contributed by atoms with Gasteiger partial charge in [-0.25, -0.2) is 0 Å². The second-order valence-corrected chi connectivity index (χ2v) is 10.7. The third-order valence-corrected chi connectivity index (χ3v) is 7.91. The van der Waals surface area contributed by atoms with E-state index in [1.54, 1.807) is 43.4 Å². The molecule has 0 bridgehead atoms. The van der Waals surface area contributed by atoms with Crippen molar-refractivity contribution in [3.63, 3.8) is 0 Å². The van der Waals surface area contributed by atoms with Crippen molar-refractivity contribution >= 4 is 23.2 Å². The number of nitrogens with zero attached hydrogens (tertiary/aromatic N) is 1.